The van der Waals surface area contributed by atoms with Crippen molar-refractivity contribution in [3.05, 3.63) is 34.6 Å². The Bertz CT molecular complexity index is 529. The van der Waals surface area contributed by atoms with Gasteiger partial charge in [0.05, 0.1) is 12.2 Å². The molecule has 1 unspecified atom stereocenters. The summed E-state index contributed by atoms with van der Waals surface area (Å²) in [5.74, 6) is -0.914. The molecule has 2 rings (SSSR count). The Labute approximate surface area is 118 Å². The first-order valence-corrected chi connectivity index (χ1v) is 7.78. The lowest BCUT2D eigenvalue weighted by molar-refractivity contribution is -0.138. The number of benzene rings is 1. The summed E-state index contributed by atoms with van der Waals surface area (Å²) < 4.78 is 25.5. The second kappa shape index (κ2) is 5.59. The maximum absolute atomic E-state index is 13.5. The largest absolute Gasteiger partial charge is 0.481 e. The number of carboxylic acids is 1. The molecule has 0 aromatic heterocycles. The Morgan fingerprint density at radius 3 is 2.74 bits per heavy atom. The van der Waals surface area contributed by atoms with E-state index in [1.54, 1.807) is 0 Å². The lowest BCUT2D eigenvalue weighted by Crippen LogP contribution is -2.17. The highest BCUT2D eigenvalue weighted by Gasteiger charge is 2.45. The minimum Gasteiger partial charge on any atom is -0.481 e. The van der Waals surface area contributed by atoms with E-state index in [2.05, 4.69) is 0 Å². The number of aliphatic carboxylic acids is 1. The van der Waals surface area contributed by atoms with Crippen LogP contribution in [-0.4, -0.2) is 21.0 Å². The van der Waals surface area contributed by atoms with E-state index >= 15 is 0 Å². The third kappa shape index (κ3) is 4.01. The van der Waals surface area contributed by atoms with Crippen LogP contribution in [-0.2, 0) is 21.3 Å². The minimum absolute atomic E-state index is 0.0385. The van der Waals surface area contributed by atoms with Gasteiger partial charge in [0.25, 0.3) is 0 Å². The quantitative estimate of drug-likeness (QED) is 0.879. The first kappa shape index (κ1) is 14.5. The van der Waals surface area contributed by atoms with Crippen molar-refractivity contribution in [2.75, 3.05) is 5.75 Å². The summed E-state index contributed by atoms with van der Waals surface area (Å²) in [7, 11) is -1.27. The average molecular weight is 305 g/mol. The van der Waals surface area contributed by atoms with E-state index in [1.165, 1.54) is 18.2 Å². The number of carboxylic acid groups (broad SMARTS) is 1. The van der Waals surface area contributed by atoms with Crippen LogP contribution in [0.5, 0.6) is 0 Å². The van der Waals surface area contributed by atoms with Crippen molar-refractivity contribution in [2.24, 2.45) is 5.41 Å². The maximum atomic E-state index is 13.5. The topological polar surface area (TPSA) is 54.4 Å². The molecule has 1 aliphatic carbocycles. The normalized spacial score (nSPS) is 18.0. The molecule has 0 bridgehead atoms. The highest BCUT2D eigenvalue weighted by atomic mass is 35.5. The van der Waals surface area contributed by atoms with Gasteiger partial charge in [-0.15, -0.1) is 0 Å². The van der Waals surface area contributed by atoms with Gasteiger partial charge in [0.2, 0.25) is 0 Å². The van der Waals surface area contributed by atoms with Gasteiger partial charge >= 0.3 is 5.97 Å². The van der Waals surface area contributed by atoms with Gasteiger partial charge in [-0.25, -0.2) is 4.39 Å². The molecular formula is C13H14ClFO3S. The summed E-state index contributed by atoms with van der Waals surface area (Å²) in [4.78, 5) is 10.7. The lowest BCUT2D eigenvalue weighted by atomic mass is 10.1. The van der Waals surface area contributed by atoms with Crippen LogP contribution in [0.4, 0.5) is 4.39 Å². The summed E-state index contributed by atoms with van der Waals surface area (Å²) in [6.07, 6.45) is 1.60. The molecule has 0 radical (unpaired) electrons. The molecule has 1 fully saturated rings. The van der Waals surface area contributed by atoms with Gasteiger partial charge in [-0.3, -0.25) is 9.00 Å². The summed E-state index contributed by atoms with van der Waals surface area (Å²) >= 11 is 5.77. The zero-order chi connectivity index (χ0) is 14.0. The number of hydrogen-bond acceptors (Lipinski definition) is 2. The average Bonchev–Trinajstić information content (AvgIpc) is 3.01. The fourth-order valence-corrected chi connectivity index (χ4v) is 4.03. The second-order valence-corrected chi connectivity index (χ2v) is 6.93. The van der Waals surface area contributed by atoms with Gasteiger partial charge < -0.3 is 5.11 Å². The Morgan fingerprint density at radius 2 is 2.16 bits per heavy atom. The van der Waals surface area contributed by atoms with Crippen LogP contribution in [0.15, 0.2) is 18.2 Å². The number of halogens is 2. The fourth-order valence-electron chi connectivity index (χ4n) is 2.09. The standard InChI is InChI=1S/C13H14ClFO3S/c14-10-1-2-11(15)9(5-10)7-19(18)8-13(3-4-13)6-12(16)17/h1-2,5H,3-4,6-8H2,(H,16,17). The molecule has 0 heterocycles. The van der Waals surface area contributed by atoms with Gasteiger partial charge in [0.1, 0.15) is 5.82 Å². The predicted octanol–water partition coefficient (Wildman–Crippen LogP) is 2.98. The molecule has 0 aliphatic heterocycles. The third-order valence-corrected chi connectivity index (χ3v) is 5.08. The number of hydrogen-bond donors (Lipinski definition) is 1. The van der Waals surface area contributed by atoms with Gasteiger partial charge in [-0.2, -0.15) is 0 Å². The molecule has 1 saturated carbocycles. The minimum atomic E-state index is -1.27. The first-order chi connectivity index (χ1) is 8.90. The molecule has 104 valence electrons. The molecule has 1 aliphatic rings. The van der Waals surface area contributed by atoms with E-state index in [0.29, 0.717) is 16.3 Å². The van der Waals surface area contributed by atoms with Crippen molar-refractivity contribution >= 4 is 28.4 Å². The monoisotopic (exact) mass is 304 g/mol. The Balaban J connectivity index is 1.98. The highest BCUT2D eigenvalue weighted by Crippen LogP contribution is 2.49. The SMILES string of the molecule is O=C(O)CC1(CS(=O)Cc2cc(Cl)ccc2F)CC1. The van der Waals surface area contributed by atoms with Crippen molar-refractivity contribution in [3.8, 4) is 0 Å². The van der Waals surface area contributed by atoms with Crippen LogP contribution in [0.3, 0.4) is 0 Å². The van der Waals surface area contributed by atoms with Crippen molar-refractivity contribution in [1.82, 2.24) is 0 Å². The smallest absolute Gasteiger partial charge is 0.303 e. The summed E-state index contributed by atoms with van der Waals surface area (Å²) in [6.45, 7) is 0. The van der Waals surface area contributed by atoms with E-state index < -0.39 is 22.6 Å². The zero-order valence-corrected chi connectivity index (χ0v) is 11.8. The molecule has 1 N–H and O–H groups in total. The third-order valence-electron chi connectivity index (χ3n) is 3.27. The highest BCUT2D eigenvalue weighted by molar-refractivity contribution is 7.84. The Hall–Kier alpha value is -0.940. The summed E-state index contributed by atoms with van der Waals surface area (Å²) in [6, 6.07) is 4.15. The second-order valence-electron chi connectivity index (χ2n) is 5.03. The molecule has 1 atom stereocenters. The molecule has 1 aromatic rings. The van der Waals surface area contributed by atoms with Crippen LogP contribution in [0.2, 0.25) is 5.02 Å². The first-order valence-electron chi connectivity index (χ1n) is 5.91. The summed E-state index contributed by atoms with van der Waals surface area (Å²) in [5, 5.41) is 9.20. The van der Waals surface area contributed by atoms with Crippen molar-refractivity contribution in [2.45, 2.75) is 25.0 Å². The predicted molar refractivity (Wildman–Crippen MR) is 72.0 cm³/mol. The molecule has 3 nitrogen and oxygen atoms in total. The van der Waals surface area contributed by atoms with Crippen molar-refractivity contribution < 1.29 is 18.5 Å². The molecule has 0 amide bonds. The van der Waals surface area contributed by atoms with E-state index in [0.717, 1.165) is 12.8 Å². The van der Waals surface area contributed by atoms with Crippen molar-refractivity contribution in [1.29, 1.82) is 0 Å². The molecular weight excluding hydrogens is 291 g/mol. The zero-order valence-electron chi connectivity index (χ0n) is 10.2. The summed E-state index contributed by atoms with van der Waals surface area (Å²) in [5.41, 5.74) is -0.0249. The lowest BCUT2D eigenvalue weighted by Gasteiger charge is -2.12. The molecule has 1 aromatic carbocycles. The molecule has 0 saturated heterocycles. The van der Waals surface area contributed by atoms with Crippen LogP contribution in [0.25, 0.3) is 0 Å². The van der Waals surface area contributed by atoms with Crippen LogP contribution in [0, 0.1) is 11.2 Å². The van der Waals surface area contributed by atoms with Gasteiger partial charge in [-0.1, -0.05) is 11.6 Å². The van der Waals surface area contributed by atoms with E-state index in [-0.39, 0.29) is 17.6 Å². The fraction of sp³-hybridized carbons (Fsp3) is 0.462. The van der Waals surface area contributed by atoms with Crippen LogP contribution < -0.4 is 0 Å². The van der Waals surface area contributed by atoms with E-state index in [4.69, 9.17) is 16.7 Å². The molecule has 19 heavy (non-hydrogen) atoms. The Kier molecular flexibility index (Phi) is 4.26. The van der Waals surface area contributed by atoms with E-state index in [1.807, 2.05) is 0 Å². The van der Waals surface area contributed by atoms with Crippen molar-refractivity contribution in [3.63, 3.8) is 0 Å². The maximum Gasteiger partial charge on any atom is 0.303 e. The van der Waals surface area contributed by atoms with E-state index in [9.17, 15) is 13.4 Å². The van der Waals surface area contributed by atoms with Gasteiger partial charge in [-0.05, 0) is 36.5 Å². The van der Waals surface area contributed by atoms with Crippen LogP contribution >= 0.6 is 11.6 Å². The number of carbonyl (C=O) groups is 1. The van der Waals surface area contributed by atoms with Gasteiger partial charge in [0, 0.05) is 27.1 Å². The number of rotatable bonds is 6. The van der Waals surface area contributed by atoms with Gasteiger partial charge in [0.15, 0.2) is 0 Å². The molecule has 6 heteroatoms. The molecule has 0 spiro atoms. The van der Waals surface area contributed by atoms with Crippen LogP contribution in [0.1, 0.15) is 24.8 Å². The Morgan fingerprint density at radius 1 is 1.47 bits per heavy atom.